The van der Waals surface area contributed by atoms with Crippen molar-refractivity contribution in [2.75, 3.05) is 13.1 Å². The predicted molar refractivity (Wildman–Crippen MR) is 95.2 cm³/mol. The minimum absolute atomic E-state index is 0.0559. The Morgan fingerprint density at radius 2 is 1.58 bits per heavy atom. The number of hydrogen-bond acceptors (Lipinski definition) is 2. The van der Waals surface area contributed by atoms with Crippen molar-refractivity contribution < 1.29 is 18.4 Å². The molecule has 26 heavy (non-hydrogen) atoms. The van der Waals surface area contributed by atoms with Gasteiger partial charge in [-0.2, -0.15) is 0 Å². The average Bonchev–Trinajstić information content (AvgIpc) is 2.62. The van der Waals surface area contributed by atoms with Gasteiger partial charge in [0.25, 0.3) is 5.91 Å². The van der Waals surface area contributed by atoms with Crippen molar-refractivity contribution >= 4 is 11.7 Å². The number of ketones is 1. The summed E-state index contributed by atoms with van der Waals surface area (Å²) in [4.78, 5) is 26.9. The first-order chi connectivity index (χ1) is 12.3. The summed E-state index contributed by atoms with van der Waals surface area (Å²) in [5.41, 5.74) is 2.49. The van der Waals surface area contributed by atoms with Gasteiger partial charge in [-0.25, -0.2) is 8.78 Å². The van der Waals surface area contributed by atoms with Crippen molar-refractivity contribution in [2.24, 2.45) is 5.92 Å². The van der Waals surface area contributed by atoms with Crippen LogP contribution in [-0.4, -0.2) is 29.7 Å². The third-order valence-electron chi connectivity index (χ3n) is 4.82. The van der Waals surface area contributed by atoms with Gasteiger partial charge in [-0.15, -0.1) is 0 Å². The topological polar surface area (TPSA) is 37.4 Å². The first kappa shape index (κ1) is 18.2. The molecule has 5 heteroatoms. The van der Waals surface area contributed by atoms with E-state index in [1.165, 1.54) is 0 Å². The summed E-state index contributed by atoms with van der Waals surface area (Å²) in [6.07, 6.45) is 0.899. The lowest BCUT2D eigenvalue weighted by atomic mass is 9.88. The van der Waals surface area contributed by atoms with Crippen LogP contribution < -0.4 is 0 Å². The molecule has 1 amide bonds. The van der Waals surface area contributed by atoms with Crippen LogP contribution in [0.2, 0.25) is 0 Å². The molecule has 0 bridgehead atoms. The number of amides is 1. The van der Waals surface area contributed by atoms with Gasteiger partial charge in [0.2, 0.25) is 0 Å². The molecule has 0 N–H and O–H groups in total. The fourth-order valence-corrected chi connectivity index (χ4v) is 3.53. The summed E-state index contributed by atoms with van der Waals surface area (Å²) in [6.45, 7) is 4.75. The maximum absolute atomic E-state index is 13.8. The zero-order valence-corrected chi connectivity index (χ0v) is 14.9. The van der Waals surface area contributed by atoms with Gasteiger partial charge < -0.3 is 4.90 Å². The number of carbonyl (C=O) groups is 2. The average molecular weight is 357 g/mol. The Morgan fingerprint density at radius 1 is 0.962 bits per heavy atom. The first-order valence-corrected chi connectivity index (χ1v) is 8.72. The van der Waals surface area contributed by atoms with E-state index in [2.05, 4.69) is 0 Å². The molecule has 1 saturated heterocycles. The van der Waals surface area contributed by atoms with Crippen molar-refractivity contribution in [3.8, 4) is 0 Å². The van der Waals surface area contributed by atoms with Gasteiger partial charge in [0, 0.05) is 24.6 Å². The van der Waals surface area contributed by atoms with Gasteiger partial charge in [0.05, 0.1) is 5.56 Å². The standard InChI is InChI=1S/C21H21F2NO2/c1-13-9-14(2)11-16(10-13)21(26)24-7-5-15(6-8-24)20(25)18-12-17(22)3-4-19(18)23/h3-4,9-12,15H,5-8H2,1-2H3. The molecule has 1 aliphatic rings. The molecule has 2 aromatic carbocycles. The second-order valence-electron chi connectivity index (χ2n) is 6.93. The van der Waals surface area contributed by atoms with Crippen molar-refractivity contribution in [1.82, 2.24) is 4.90 Å². The van der Waals surface area contributed by atoms with E-state index in [1.807, 2.05) is 32.0 Å². The van der Waals surface area contributed by atoms with Gasteiger partial charge in [0.1, 0.15) is 11.6 Å². The zero-order valence-electron chi connectivity index (χ0n) is 14.9. The summed E-state index contributed by atoms with van der Waals surface area (Å²) in [7, 11) is 0. The largest absolute Gasteiger partial charge is 0.339 e. The Hall–Kier alpha value is -2.56. The zero-order chi connectivity index (χ0) is 18.8. The van der Waals surface area contributed by atoms with Gasteiger partial charge in [-0.05, 0) is 57.0 Å². The van der Waals surface area contributed by atoms with Crippen LogP contribution >= 0.6 is 0 Å². The number of carbonyl (C=O) groups excluding carboxylic acids is 2. The highest BCUT2D eigenvalue weighted by Crippen LogP contribution is 2.25. The summed E-state index contributed by atoms with van der Waals surface area (Å²) in [6, 6.07) is 8.64. The number of Topliss-reactive ketones (excluding diaryl/α,β-unsaturated/α-hetero) is 1. The monoisotopic (exact) mass is 357 g/mol. The van der Waals surface area contributed by atoms with Crippen LogP contribution in [0.4, 0.5) is 8.78 Å². The Bertz CT molecular complexity index is 835. The number of hydrogen-bond donors (Lipinski definition) is 0. The lowest BCUT2D eigenvalue weighted by Gasteiger charge is -2.31. The predicted octanol–water partition coefficient (Wildman–Crippen LogP) is 4.32. The maximum Gasteiger partial charge on any atom is 0.253 e. The maximum atomic E-state index is 13.8. The van der Waals surface area contributed by atoms with E-state index in [1.54, 1.807) is 4.90 Å². The van der Waals surface area contributed by atoms with Crippen LogP contribution in [-0.2, 0) is 0 Å². The van der Waals surface area contributed by atoms with Gasteiger partial charge in [0.15, 0.2) is 5.78 Å². The SMILES string of the molecule is Cc1cc(C)cc(C(=O)N2CCC(C(=O)c3cc(F)ccc3F)CC2)c1. The third-order valence-corrected chi connectivity index (χ3v) is 4.82. The molecule has 1 fully saturated rings. The van der Waals surface area contributed by atoms with Crippen LogP contribution in [0.25, 0.3) is 0 Å². The third kappa shape index (κ3) is 3.82. The summed E-state index contributed by atoms with van der Waals surface area (Å²) in [5, 5.41) is 0. The minimum atomic E-state index is -0.704. The Kier molecular flexibility index (Phi) is 5.16. The van der Waals surface area contributed by atoms with E-state index in [4.69, 9.17) is 0 Å². The molecule has 3 rings (SSSR count). The molecule has 1 heterocycles. The van der Waals surface area contributed by atoms with Gasteiger partial charge in [-0.1, -0.05) is 17.2 Å². The number of likely N-dealkylation sites (tertiary alicyclic amines) is 1. The molecule has 3 nitrogen and oxygen atoms in total. The van der Waals surface area contributed by atoms with E-state index in [0.29, 0.717) is 31.5 Å². The van der Waals surface area contributed by atoms with Gasteiger partial charge in [-0.3, -0.25) is 9.59 Å². The molecule has 0 spiro atoms. The molecule has 136 valence electrons. The highest BCUT2D eigenvalue weighted by molar-refractivity contribution is 5.98. The first-order valence-electron chi connectivity index (χ1n) is 8.72. The van der Waals surface area contributed by atoms with Crippen LogP contribution in [0.5, 0.6) is 0 Å². The Morgan fingerprint density at radius 3 is 2.19 bits per heavy atom. The highest BCUT2D eigenvalue weighted by Gasteiger charge is 2.30. The summed E-state index contributed by atoms with van der Waals surface area (Å²) < 4.78 is 27.1. The van der Waals surface area contributed by atoms with E-state index in [0.717, 1.165) is 29.3 Å². The fourth-order valence-electron chi connectivity index (χ4n) is 3.53. The number of benzene rings is 2. The molecule has 0 aromatic heterocycles. The van der Waals surface area contributed by atoms with Gasteiger partial charge >= 0.3 is 0 Å². The summed E-state index contributed by atoms with van der Waals surface area (Å²) in [5.74, 6) is -2.17. The van der Waals surface area contributed by atoms with Crippen LogP contribution in [0.3, 0.4) is 0 Å². The lowest BCUT2D eigenvalue weighted by molar-refractivity contribution is 0.0649. The van der Waals surface area contributed by atoms with E-state index in [9.17, 15) is 18.4 Å². The lowest BCUT2D eigenvalue weighted by Crippen LogP contribution is -2.40. The van der Waals surface area contributed by atoms with E-state index in [-0.39, 0.29) is 17.3 Å². The quantitative estimate of drug-likeness (QED) is 0.768. The second-order valence-corrected chi connectivity index (χ2v) is 6.93. The molecular weight excluding hydrogens is 336 g/mol. The molecule has 2 aromatic rings. The van der Waals surface area contributed by atoms with Crippen molar-refractivity contribution in [2.45, 2.75) is 26.7 Å². The Labute approximate surface area is 151 Å². The van der Waals surface area contributed by atoms with Crippen LogP contribution in [0, 0.1) is 31.4 Å². The van der Waals surface area contributed by atoms with Crippen LogP contribution in [0.1, 0.15) is 44.7 Å². The number of aryl methyl sites for hydroxylation is 2. The molecule has 1 aliphatic heterocycles. The number of nitrogens with zero attached hydrogens (tertiary/aromatic N) is 1. The molecule has 0 unspecified atom stereocenters. The second kappa shape index (κ2) is 7.36. The smallest absolute Gasteiger partial charge is 0.253 e. The van der Waals surface area contributed by atoms with E-state index >= 15 is 0 Å². The number of rotatable bonds is 3. The minimum Gasteiger partial charge on any atom is -0.339 e. The highest BCUT2D eigenvalue weighted by atomic mass is 19.1. The Balaban J connectivity index is 1.68. The number of piperidine rings is 1. The van der Waals surface area contributed by atoms with Crippen molar-refractivity contribution in [1.29, 1.82) is 0 Å². The van der Waals surface area contributed by atoms with Crippen molar-refractivity contribution in [3.63, 3.8) is 0 Å². The van der Waals surface area contributed by atoms with Crippen molar-refractivity contribution in [3.05, 3.63) is 70.3 Å². The van der Waals surface area contributed by atoms with Crippen LogP contribution in [0.15, 0.2) is 36.4 Å². The summed E-state index contributed by atoms with van der Waals surface area (Å²) >= 11 is 0. The molecular formula is C21H21F2NO2. The molecule has 0 saturated carbocycles. The normalized spacial score (nSPS) is 15.2. The molecule has 0 radical (unpaired) electrons. The number of halogens is 2. The fraction of sp³-hybridized carbons (Fsp3) is 0.333. The molecule has 0 aliphatic carbocycles. The molecule has 0 atom stereocenters. The van der Waals surface area contributed by atoms with E-state index < -0.39 is 17.6 Å².